The molecule has 0 aliphatic heterocycles. The first-order chi connectivity index (χ1) is 5.18. The van der Waals surface area contributed by atoms with E-state index in [0.29, 0.717) is 0 Å². The van der Waals surface area contributed by atoms with Crippen LogP contribution in [-0.4, -0.2) is 25.0 Å². The topological polar surface area (TPSA) is 41.1 Å². The Labute approximate surface area is 67.5 Å². The molecule has 2 N–H and O–H groups in total. The predicted octanol–water partition coefficient (Wildman–Crippen LogP) is 0.265. The van der Waals surface area contributed by atoms with Crippen LogP contribution in [0, 0.1) is 0 Å². The van der Waals surface area contributed by atoms with Crippen LogP contribution < -0.4 is 10.6 Å². The molecule has 0 aromatic heterocycles. The highest BCUT2D eigenvalue weighted by Crippen LogP contribution is 2.30. The molecule has 0 saturated heterocycles. The van der Waals surface area contributed by atoms with E-state index in [1.54, 1.807) is 6.92 Å². The normalized spacial score (nSPS) is 20.5. The van der Waals surface area contributed by atoms with Crippen molar-refractivity contribution in [1.29, 1.82) is 0 Å². The van der Waals surface area contributed by atoms with Crippen LogP contribution in [0.3, 0.4) is 0 Å². The Morgan fingerprint density at radius 2 is 2.18 bits per heavy atom. The van der Waals surface area contributed by atoms with Gasteiger partial charge in [0.1, 0.15) is 0 Å². The zero-order valence-electron chi connectivity index (χ0n) is 7.24. The molecule has 11 heavy (non-hydrogen) atoms. The van der Waals surface area contributed by atoms with Gasteiger partial charge in [-0.25, -0.2) is 0 Å². The minimum absolute atomic E-state index is 0.0616. The van der Waals surface area contributed by atoms with E-state index in [-0.39, 0.29) is 11.4 Å². The molecule has 0 spiro atoms. The van der Waals surface area contributed by atoms with E-state index >= 15 is 0 Å². The molecule has 1 saturated carbocycles. The van der Waals surface area contributed by atoms with E-state index in [1.807, 2.05) is 7.05 Å². The average Bonchev–Trinajstić information content (AvgIpc) is 1.86. The van der Waals surface area contributed by atoms with E-state index in [0.717, 1.165) is 6.54 Å². The zero-order valence-corrected chi connectivity index (χ0v) is 7.24. The number of carbonyl (C=O) groups is 1. The Morgan fingerprint density at radius 3 is 2.45 bits per heavy atom. The molecule has 3 heteroatoms. The van der Waals surface area contributed by atoms with Crippen LogP contribution in [0.4, 0.5) is 0 Å². The fourth-order valence-electron chi connectivity index (χ4n) is 1.41. The van der Waals surface area contributed by atoms with Gasteiger partial charge in [0.05, 0.1) is 0 Å². The third-order valence-electron chi connectivity index (χ3n) is 2.52. The van der Waals surface area contributed by atoms with E-state index < -0.39 is 0 Å². The van der Waals surface area contributed by atoms with Crippen molar-refractivity contribution in [3.8, 4) is 0 Å². The largest absolute Gasteiger partial charge is 0.354 e. The summed E-state index contributed by atoms with van der Waals surface area (Å²) in [5.41, 5.74) is 0.214. The van der Waals surface area contributed by atoms with Crippen LogP contribution in [0.2, 0.25) is 0 Å². The van der Waals surface area contributed by atoms with E-state index in [9.17, 15) is 4.79 Å². The first-order valence-electron chi connectivity index (χ1n) is 4.12. The summed E-state index contributed by atoms with van der Waals surface area (Å²) in [6.07, 6.45) is 3.65. The summed E-state index contributed by atoms with van der Waals surface area (Å²) in [4.78, 5) is 10.6. The molecule has 0 aromatic rings. The van der Waals surface area contributed by atoms with Crippen molar-refractivity contribution in [3.05, 3.63) is 0 Å². The van der Waals surface area contributed by atoms with Gasteiger partial charge in [0.2, 0.25) is 5.91 Å². The van der Waals surface area contributed by atoms with Crippen molar-refractivity contribution in [2.45, 2.75) is 31.7 Å². The molecular weight excluding hydrogens is 140 g/mol. The molecule has 0 aromatic carbocycles. The lowest BCUT2D eigenvalue weighted by atomic mass is 9.77. The maximum absolute atomic E-state index is 10.6. The summed E-state index contributed by atoms with van der Waals surface area (Å²) in [6, 6.07) is 0. The second-order valence-corrected chi connectivity index (χ2v) is 3.29. The number of rotatable bonds is 3. The van der Waals surface area contributed by atoms with Crippen molar-refractivity contribution in [2.75, 3.05) is 13.6 Å². The second kappa shape index (κ2) is 3.22. The lowest BCUT2D eigenvalue weighted by Crippen LogP contribution is -2.56. The van der Waals surface area contributed by atoms with Gasteiger partial charge in [-0.05, 0) is 26.3 Å². The van der Waals surface area contributed by atoms with Crippen molar-refractivity contribution in [3.63, 3.8) is 0 Å². The molecule has 0 atom stereocenters. The fourth-order valence-corrected chi connectivity index (χ4v) is 1.41. The quantitative estimate of drug-likeness (QED) is 0.615. The lowest BCUT2D eigenvalue weighted by Gasteiger charge is -2.41. The minimum atomic E-state index is 0.0616. The molecule has 0 radical (unpaired) electrons. The van der Waals surface area contributed by atoms with E-state index in [4.69, 9.17) is 0 Å². The highest BCUT2D eigenvalue weighted by molar-refractivity contribution is 5.72. The zero-order chi connectivity index (χ0) is 8.32. The van der Waals surface area contributed by atoms with Crippen molar-refractivity contribution >= 4 is 5.91 Å². The Balaban J connectivity index is 2.27. The monoisotopic (exact) mass is 156 g/mol. The molecule has 3 nitrogen and oxygen atoms in total. The van der Waals surface area contributed by atoms with Crippen LogP contribution >= 0.6 is 0 Å². The molecule has 1 fully saturated rings. The Bertz CT molecular complexity index is 147. The van der Waals surface area contributed by atoms with Gasteiger partial charge in [-0.3, -0.25) is 4.79 Å². The van der Waals surface area contributed by atoms with E-state index in [1.165, 1.54) is 19.3 Å². The second-order valence-electron chi connectivity index (χ2n) is 3.29. The fraction of sp³-hybridized carbons (Fsp3) is 0.875. The van der Waals surface area contributed by atoms with Gasteiger partial charge in [0, 0.05) is 19.0 Å². The highest BCUT2D eigenvalue weighted by atomic mass is 16.1. The van der Waals surface area contributed by atoms with Gasteiger partial charge in [-0.15, -0.1) is 0 Å². The number of hydrogen-bond acceptors (Lipinski definition) is 2. The van der Waals surface area contributed by atoms with Crippen LogP contribution in [-0.2, 0) is 4.79 Å². The number of hydrogen-bond donors (Lipinski definition) is 2. The molecule has 0 unspecified atom stereocenters. The summed E-state index contributed by atoms with van der Waals surface area (Å²) in [5.74, 6) is 0.0616. The summed E-state index contributed by atoms with van der Waals surface area (Å²) in [6.45, 7) is 2.33. The van der Waals surface area contributed by atoms with Gasteiger partial charge < -0.3 is 10.6 Å². The number of carbonyl (C=O) groups excluding carboxylic acids is 1. The summed E-state index contributed by atoms with van der Waals surface area (Å²) >= 11 is 0. The van der Waals surface area contributed by atoms with Gasteiger partial charge in [-0.2, -0.15) is 0 Å². The predicted molar refractivity (Wildman–Crippen MR) is 44.3 cm³/mol. The SMILES string of the molecule is CNC1(CNC(C)=O)CCC1. The number of likely N-dealkylation sites (N-methyl/N-ethyl adjacent to an activating group) is 1. The lowest BCUT2D eigenvalue weighted by molar-refractivity contribution is -0.119. The summed E-state index contributed by atoms with van der Waals surface area (Å²) in [7, 11) is 1.96. The van der Waals surface area contributed by atoms with Crippen molar-refractivity contribution in [1.82, 2.24) is 10.6 Å². The molecule has 0 bridgehead atoms. The van der Waals surface area contributed by atoms with E-state index in [2.05, 4.69) is 10.6 Å². The first-order valence-corrected chi connectivity index (χ1v) is 4.12. The third-order valence-corrected chi connectivity index (χ3v) is 2.52. The van der Waals surface area contributed by atoms with Gasteiger partial charge in [0.25, 0.3) is 0 Å². The molecular formula is C8H16N2O. The first kappa shape index (κ1) is 8.53. The highest BCUT2D eigenvalue weighted by Gasteiger charge is 2.34. The molecule has 1 aliphatic carbocycles. The average molecular weight is 156 g/mol. The Morgan fingerprint density at radius 1 is 1.55 bits per heavy atom. The smallest absolute Gasteiger partial charge is 0.216 e. The molecule has 1 aliphatic rings. The van der Waals surface area contributed by atoms with Gasteiger partial charge >= 0.3 is 0 Å². The molecule has 0 heterocycles. The Hall–Kier alpha value is -0.570. The van der Waals surface area contributed by atoms with Crippen molar-refractivity contribution < 1.29 is 4.79 Å². The van der Waals surface area contributed by atoms with Gasteiger partial charge in [0.15, 0.2) is 0 Å². The van der Waals surface area contributed by atoms with Crippen molar-refractivity contribution in [2.24, 2.45) is 0 Å². The number of amides is 1. The maximum atomic E-state index is 10.6. The molecule has 1 amide bonds. The van der Waals surface area contributed by atoms with Gasteiger partial charge in [-0.1, -0.05) is 0 Å². The Kier molecular flexibility index (Phi) is 2.49. The third kappa shape index (κ3) is 1.93. The minimum Gasteiger partial charge on any atom is -0.354 e. The summed E-state index contributed by atoms with van der Waals surface area (Å²) < 4.78 is 0. The standard InChI is InChI=1S/C8H16N2O/c1-7(11)10-6-8(9-2)4-3-5-8/h9H,3-6H2,1-2H3,(H,10,11). The molecule has 64 valence electrons. The number of nitrogens with one attached hydrogen (secondary N) is 2. The maximum Gasteiger partial charge on any atom is 0.216 e. The van der Waals surface area contributed by atoms with Crippen LogP contribution in [0.25, 0.3) is 0 Å². The van der Waals surface area contributed by atoms with Crippen LogP contribution in [0.5, 0.6) is 0 Å². The van der Waals surface area contributed by atoms with Crippen LogP contribution in [0.15, 0.2) is 0 Å². The van der Waals surface area contributed by atoms with Crippen LogP contribution in [0.1, 0.15) is 26.2 Å². The molecule has 1 rings (SSSR count). The summed E-state index contributed by atoms with van der Waals surface area (Å²) in [5, 5.41) is 6.09.